The monoisotopic (exact) mass is 294 g/mol. The molecule has 0 aromatic heterocycles. The first-order valence-corrected chi connectivity index (χ1v) is 6.66. The number of carbonyl (C=O) groups excluding carboxylic acids is 1. The maximum absolute atomic E-state index is 12.4. The number of aliphatic hydroxyl groups excluding tert-OH is 1. The zero-order valence-electron chi connectivity index (χ0n) is 11.7. The number of nitrogens with two attached hydrogens (primary N) is 1. The van der Waals surface area contributed by atoms with E-state index in [9.17, 15) is 20.0 Å². The Morgan fingerprint density at radius 2 is 2.29 bits per heavy atom. The van der Waals surface area contributed by atoms with Crippen LogP contribution in [0.25, 0.3) is 0 Å². The second-order valence-corrected chi connectivity index (χ2v) is 5.22. The van der Waals surface area contributed by atoms with Gasteiger partial charge in [-0.25, -0.2) is 0 Å². The van der Waals surface area contributed by atoms with Crippen LogP contribution in [0.1, 0.15) is 23.7 Å². The fourth-order valence-electron chi connectivity index (χ4n) is 2.35. The van der Waals surface area contributed by atoms with Crippen LogP contribution in [0.4, 0.5) is 11.4 Å². The Balaban J connectivity index is 2.23. The van der Waals surface area contributed by atoms with E-state index in [1.54, 1.807) is 0 Å². The highest BCUT2D eigenvalue weighted by Gasteiger charge is 2.28. The van der Waals surface area contributed by atoms with Gasteiger partial charge in [0, 0.05) is 24.7 Å². The smallest absolute Gasteiger partial charge is 0.294 e. The van der Waals surface area contributed by atoms with Gasteiger partial charge in [0.05, 0.1) is 11.0 Å². The van der Waals surface area contributed by atoms with Crippen molar-refractivity contribution in [1.29, 1.82) is 0 Å². The van der Waals surface area contributed by atoms with Crippen molar-refractivity contribution in [2.75, 3.05) is 18.5 Å². The number of aliphatic hydroxyl groups is 1. The number of hydrogen-bond donors (Lipinski definition) is 3. The number of benzene rings is 1. The summed E-state index contributed by atoms with van der Waals surface area (Å²) in [6, 6.07) is 4.07. The maximum atomic E-state index is 12.4. The third-order valence-corrected chi connectivity index (χ3v) is 3.80. The van der Waals surface area contributed by atoms with Crippen LogP contribution < -0.4 is 11.3 Å². The Hall–Kier alpha value is -2.19. The Morgan fingerprint density at radius 1 is 1.57 bits per heavy atom. The van der Waals surface area contributed by atoms with Gasteiger partial charge in [0.25, 0.3) is 11.6 Å². The Kier molecular flexibility index (Phi) is 4.39. The predicted octanol–water partition coefficient (Wildman–Crippen LogP) is 0.723. The van der Waals surface area contributed by atoms with E-state index >= 15 is 0 Å². The first-order chi connectivity index (χ1) is 9.93. The lowest BCUT2D eigenvalue weighted by Gasteiger charge is -2.34. The van der Waals surface area contributed by atoms with Gasteiger partial charge >= 0.3 is 0 Å². The van der Waals surface area contributed by atoms with Crippen LogP contribution in [-0.4, -0.2) is 40.0 Å². The fraction of sp³-hybridized carbons (Fsp3) is 0.462. The Morgan fingerprint density at radius 3 is 2.86 bits per heavy atom. The molecule has 1 amide bonds. The zero-order chi connectivity index (χ0) is 15.6. The average molecular weight is 294 g/mol. The van der Waals surface area contributed by atoms with E-state index in [0.29, 0.717) is 13.0 Å². The van der Waals surface area contributed by atoms with Gasteiger partial charge in [-0.1, -0.05) is 6.92 Å². The molecule has 1 aliphatic heterocycles. The number of nitrogens with zero attached hydrogens (tertiary/aromatic N) is 2. The summed E-state index contributed by atoms with van der Waals surface area (Å²) < 4.78 is 0. The Bertz CT molecular complexity index is 563. The zero-order valence-corrected chi connectivity index (χ0v) is 11.7. The van der Waals surface area contributed by atoms with Crippen LogP contribution in [-0.2, 0) is 0 Å². The van der Waals surface area contributed by atoms with Gasteiger partial charge in [-0.15, -0.1) is 0 Å². The second-order valence-electron chi connectivity index (χ2n) is 5.22. The number of hydrogen-bond acceptors (Lipinski definition) is 6. The number of rotatable bonds is 3. The van der Waals surface area contributed by atoms with Crippen LogP contribution in [0, 0.1) is 16.0 Å². The average Bonchev–Trinajstić information content (AvgIpc) is 2.48. The number of amides is 1. The van der Waals surface area contributed by atoms with Crippen molar-refractivity contribution in [3.05, 3.63) is 33.9 Å². The van der Waals surface area contributed by atoms with Crippen LogP contribution in [0.2, 0.25) is 0 Å². The number of likely N-dealkylation sites (tertiary alicyclic amines) is 1. The van der Waals surface area contributed by atoms with Gasteiger partial charge in [-0.2, -0.15) is 0 Å². The molecule has 2 unspecified atom stereocenters. The van der Waals surface area contributed by atoms with E-state index in [4.69, 9.17) is 5.84 Å². The maximum Gasteiger partial charge on any atom is 0.294 e. The van der Waals surface area contributed by atoms with E-state index in [0.717, 1.165) is 0 Å². The van der Waals surface area contributed by atoms with Crippen LogP contribution in [0.5, 0.6) is 0 Å². The molecule has 0 saturated carbocycles. The number of carbonyl (C=O) groups is 1. The quantitative estimate of drug-likeness (QED) is 0.429. The molecule has 0 aliphatic carbocycles. The van der Waals surface area contributed by atoms with E-state index in [2.05, 4.69) is 5.43 Å². The molecule has 0 radical (unpaired) electrons. The molecule has 1 aromatic carbocycles. The van der Waals surface area contributed by atoms with Crippen molar-refractivity contribution in [3.63, 3.8) is 0 Å². The lowest BCUT2D eigenvalue weighted by Crippen LogP contribution is -2.45. The number of nitrogens with one attached hydrogen (secondary N) is 1. The molecule has 21 heavy (non-hydrogen) atoms. The predicted molar refractivity (Wildman–Crippen MR) is 76.6 cm³/mol. The lowest BCUT2D eigenvalue weighted by atomic mass is 9.95. The largest absolute Gasteiger partial charge is 0.391 e. The summed E-state index contributed by atoms with van der Waals surface area (Å²) in [5.74, 6) is 5.03. The molecule has 2 atom stereocenters. The van der Waals surface area contributed by atoms with Crippen LogP contribution in [0.3, 0.4) is 0 Å². The number of nitro benzene ring substituents is 1. The molecule has 0 spiro atoms. The van der Waals surface area contributed by atoms with E-state index in [1.165, 1.54) is 23.1 Å². The molecule has 1 aromatic rings. The summed E-state index contributed by atoms with van der Waals surface area (Å²) in [7, 11) is 0. The van der Waals surface area contributed by atoms with Gasteiger partial charge in [0.15, 0.2) is 0 Å². The molecule has 8 nitrogen and oxygen atoms in total. The SMILES string of the molecule is CC1CCN(C(=O)c2ccc(NN)c([N+](=O)[O-])c2)CC1O. The highest BCUT2D eigenvalue weighted by atomic mass is 16.6. The van der Waals surface area contributed by atoms with Crippen molar-refractivity contribution in [3.8, 4) is 0 Å². The lowest BCUT2D eigenvalue weighted by molar-refractivity contribution is -0.384. The summed E-state index contributed by atoms with van der Waals surface area (Å²) in [4.78, 5) is 24.3. The standard InChI is InChI=1S/C13H18N4O4/c1-8-4-5-16(7-12(8)18)13(19)9-2-3-10(15-14)11(6-9)17(20)21/h2-3,6,8,12,15,18H,4-5,7,14H2,1H3. The third-order valence-electron chi connectivity index (χ3n) is 3.80. The van der Waals surface area contributed by atoms with Crippen molar-refractivity contribution in [2.45, 2.75) is 19.4 Å². The molecule has 1 saturated heterocycles. The molecular formula is C13H18N4O4. The molecule has 1 heterocycles. The minimum atomic E-state index is -0.598. The van der Waals surface area contributed by atoms with E-state index in [1.807, 2.05) is 6.92 Å². The molecule has 114 valence electrons. The van der Waals surface area contributed by atoms with Gasteiger partial charge in [-0.05, 0) is 24.5 Å². The minimum Gasteiger partial charge on any atom is -0.391 e. The molecule has 0 bridgehead atoms. The molecule has 1 fully saturated rings. The second kappa shape index (κ2) is 6.06. The summed E-state index contributed by atoms with van der Waals surface area (Å²) in [6.07, 6.45) is 0.139. The van der Waals surface area contributed by atoms with Crippen LogP contribution >= 0.6 is 0 Å². The topological polar surface area (TPSA) is 122 Å². The van der Waals surface area contributed by atoms with E-state index < -0.39 is 11.0 Å². The summed E-state index contributed by atoms with van der Waals surface area (Å²) in [5.41, 5.74) is 2.33. The van der Waals surface area contributed by atoms with Crippen molar-refractivity contribution < 1.29 is 14.8 Å². The first-order valence-electron chi connectivity index (χ1n) is 6.66. The highest BCUT2D eigenvalue weighted by molar-refractivity contribution is 5.95. The summed E-state index contributed by atoms with van der Waals surface area (Å²) in [6.45, 7) is 2.70. The summed E-state index contributed by atoms with van der Waals surface area (Å²) in [5, 5.41) is 20.8. The highest BCUT2D eigenvalue weighted by Crippen LogP contribution is 2.26. The van der Waals surface area contributed by atoms with Crippen LogP contribution in [0.15, 0.2) is 18.2 Å². The van der Waals surface area contributed by atoms with Crippen molar-refractivity contribution in [1.82, 2.24) is 4.90 Å². The number of piperidine rings is 1. The van der Waals surface area contributed by atoms with Gasteiger partial charge in [0.2, 0.25) is 0 Å². The fourth-order valence-corrected chi connectivity index (χ4v) is 2.35. The molecular weight excluding hydrogens is 276 g/mol. The third kappa shape index (κ3) is 3.11. The van der Waals surface area contributed by atoms with Gasteiger partial charge in [-0.3, -0.25) is 20.8 Å². The first kappa shape index (κ1) is 15.2. The molecule has 1 aliphatic rings. The van der Waals surface area contributed by atoms with Gasteiger partial charge in [0.1, 0.15) is 5.69 Å². The number of anilines is 1. The number of hydrazine groups is 1. The van der Waals surface area contributed by atoms with Gasteiger partial charge < -0.3 is 15.4 Å². The number of β-amino-alcohol motifs (C(OH)–C–C–N with tert-alkyl or cyclic N) is 1. The number of nitro groups is 1. The van der Waals surface area contributed by atoms with E-state index in [-0.39, 0.29) is 35.3 Å². The normalized spacial score (nSPS) is 22.0. The molecule has 8 heteroatoms. The number of nitrogen functional groups attached to an aromatic ring is 1. The molecule has 4 N–H and O–H groups in total. The Labute approximate surface area is 121 Å². The van der Waals surface area contributed by atoms with Crippen molar-refractivity contribution in [2.24, 2.45) is 11.8 Å². The summed E-state index contributed by atoms with van der Waals surface area (Å²) >= 11 is 0. The van der Waals surface area contributed by atoms with Crippen molar-refractivity contribution >= 4 is 17.3 Å². The minimum absolute atomic E-state index is 0.142. The molecule has 2 rings (SSSR count).